The fraction of sp³-hybridized carbons (Fsp3) is 0.316. The van der Waals surface area contributed by atoms with Crippen LogP contribution in [0.25, 0.3) is 0 Å². The first-order chi connectivity index (χ1) is 12.4. The Morgan fingerprint density at radius 2 is 1.81 bits per heavy atom. The molecule has 26 heavy (non-hydrogen) atoms. The Balaban J connectivity index is 1.88. The Labute approximate surface area is 152 Å². The molecule has 0 unspecified atom stereocenters. The Hall–Kier alpha value is -2.25. The summed E-state index contributed by atoms with van der Waals surface area (Å²) in [5, 5.41) is 2.61. The number of hydrogen-bond donors (Lipinski definition) is 1. The average Bonchev–Trinajstić information content (AvgIpc) is 2.62. The zero-order valence-corrected chi connectivity index (χ0v) is 15.4. The number of benzene rings is 2. The number of carbonyl (C=O) groups is 1. The number of carbonyl (C=O) groups excluding carboxylic acids is 1. The van der Waals surface area contributed by atoms with Gasteiger partial charge < -0.3 is 5.32 Å². The van der Waals surface area contributed by atoms with Crippen molar-refractivity contribution in [3.63, 3.8) is 0 Å². The molecule has 0 atom stereocenters. The van der Waals surface area contributed by atoms with Gasteiger partial charge in [0, 0.05) is 18.8 Å². The van der Waals surface area contributed by atoms with Crippen LogP contribution in [0.15, 0.2) is 47.4 Å². The summed E-state index contributed by atoms with van der Waals surface area (Å²) in [6, 6.07) is 10.5. The fourth-order valence-electron chi connectivity index (χ4n) is 3.01. The van der Waals surface area contributed by atoms with E-state index in [1.165, 1.54) is 10.4 Å². The summed E-state index contributed by atoms with van der Waals surface area (Å²) < 4.78 is 41.1. The van der Waals surface area contributed by atoms with Crippen molar-refractivity contribution < 1.29 is 17.6 Å². The number of aryl methyl sites for hydroxylation is 1. The highest BCUT2D eigenvalue weighted by atomic mass is 32.2. The molecule has 1 heterocycles. The number of rotatable bonds is 4. The van der Waals surface area contributed by atoms with Crippen LogP contribution in [0.1, 0.15) is 35.2 Å². The van der Waals surface area contributed by atoms with Crippen LogP contribution in [-0.2, 0) is 10.0 Å². The van der Waals surface area contributed by atoms with E-state index in [0.29, 0.717) is 18.8 Å². The van der Waals surface area contributed by atoms with E-state index in [1.807, 2.05) is 13.0 Å². The molecule has 0 aromatic heterocycles. The largest absolute Gasteiger partial charge is 0.322 e. The first-order valence-electron chi connectivity index (χ1n) is 8.55. The van der Waals surface area contributed by atoms with Crippen molar-refractivity contribution in [1.82, 2.24) is 4.31 Å². The third-order valence-electron chi connectivity index (χ3n) is 4.41. The second-order valence-corrected chi connectivity index (χ2v) is 8.37. The maximum Gasteiger partial charge on any atom is 0.258 e. The first-order valence-corrected chi connectivity index (χ1v) is 10.00. The van der Waals surface area contributed by atoms with Crippen molar-refractivity contribution in [2.75, 3.05) is 18.4 Å². The molecule has 138 valence electrons. The van der Waals surface area contributed by atoms with Gasteiger partial charge in [-0.3, -0.25) is 4.79 Å². The van der Waals surface area contributed by atoms with Gasteiger partial charge in [0.1, 0.15) is 5.82 Å². The Bertz CT molecular complexity index is 922. The van der Waals surface area contributed by atoms with Crippen LogP contribution in [0.5, 0.6) is 0 Å². The molecule has 2 aromatic carbocycles. The number of nitrogens with one attached hydrogen (secondary N) is 1. The van der Waals surface area contributed by atoms with E-state index in [-0.39, 0.29) is 10.5 Å². The minimum Gasteiger partial charge on any atom is -0.322 e. The van der Waals surface area contributed by atoms with Gasteiger partial charge in [-0.05, 0) is 55.7 Å². The molecule has 0 spiro atoms. The molecule has 0 radical (unpaired) electrons. The summed E-state index contributed by atoms with van der Waals surface area (Å²) in [6.07, 6.45) is 2.61. The molecule has 1 aliphatic heterocycles. The number of hydrogen-bond acceptors (Lipinski definition) is 3. The molecule has 1 fully saturated rings. The average molecular weight is 376 g/mol. The molecule has 0 saturated carbocycles. The van der Waals surface area contributed by atoms with Gasteiger partial charge in [-0.1, -0.05) is 18.6 Å². The van der Waals surface area contributed by atoms with Crippen molar-refractivity contribution in [3.8, 4) is 0 Å². The summed E-state index contributed by atoms with van der Waals surface area (Å²) in [6.45, 7) is 2.77. The lowest BCUT2D eigenvalue weighted by Gasteiger charge is -2.26. The fourth-order valence-corrected chi connectivity index (χ4v) is 4.56. The third kappa shape index (κ3) is 3.94. The molecular formula is C19H21FN2O3S. The molecule has 0 bridgehead atoms. The minimum absolute atomic E-state index is 0.0600. The number of amides is 1. The smallest absolute Gasteiger partial charge is 0.258 e. The normalized spacial score (nSPS) is 15.6. The highest BCUT2D eigenvalue weighted by molar-refractivity contribution is 7.89. The van der Waals surface area contributed by atoms with Crippen molar-refractivity contribution in [1.29, 1.82) is 0 Å². The lowest BCUT2D eigenvalue weighted by atomic mass is 10.1. The number of piperidine rings is 1. The molecule has 1 saturated heterocycles. The number of halogens is 1. The summed E-state index contributed by atoms with van der Waals surface area (Å²) in [4.78, 5) is 12.4. The van der Waals surface area contributed by atoms with Crippen molar-refractivity contribution in [2.24, 2.45) is 0 Å². The van der Waals surface area contributed by atoms with Crippen LogP contribution in [-0.4, -0.2) is 31.7 Å². The van der Waals surface area contributed by atoms with Gasteiger partial charge in [0.25, 0.3) is 5.91 Å². The zero-order valence-electron chi connectivity index (χ0n) is 14.5. The number of sulfonamides is 1. The van der Waals surface area contributed by atoms with Gasteiger partial charge in [-0.2, -0.15) is 4.31 Å². The lowest BCUT2D eigenvalue weighted by Crippen LogP contribution is -2.35. The lowest BCUT2D eigenvalue weighted by molar-refractivity contribution is 0.102. The third-order valence-corrected chi connectivity index (χ3v) is 6.31. The highest BCUT2D eigenvalue weighted by Gasteiger charge is 2.27. The van der Waals surface area contributed by atoms with Crippen LogP contribution in [0.4, 0.5) is 10.1 Å². The molecular weight excluding hydrogens is 355 g/mol. The van der Waals surface area contributed by atoms with E-state index in [9.17, 15) is 17.6 Å². The standard InChI is InChI=1S/C19H21FN2O3S/c1-14-6-5-7-15(12-14)21-19(23)17-13-16(8-9-18(17)20)26(24,25)22-10-3-2-4-11-22/h5-9,12-13H,2-4,10-11H2,1H3,(H,21,23). The minimum atomic E-state index is -3.73. The van der Waals surface area contributed by atoms with Gasteiger partial charge in [0.05, 0.1) is 10.5 Å². The molecule has 5 nitrogen and oxygen atoms in total. The summed E-state index contributed by atoms with van der Waals surface area (Å²) in [5.41, 5.74) is 1.19. The van der Waals surface area contributed by atoms with Crippen LogP contribution in [0, 0.1) is 12.7 Å². The van der Waals surface area contributed by atoms with Gasteiger partial charge in [0.15, 0.2) is 0 Å². The quantitative estimate of drug-likeness (QED) is 0.887. The van der Waals surface area contributed by atoms with Crippen LogP contribution in [0.3, 0.4) is 0 Å². The van der Waals surface area contributed by atoms with Crippen molar-refractivity contribution >= 4 is 21.6 Å². The maximum absolute atomic E-state index is 14.2. The van der Waals surface area contributed by atoms with E-state index < -0.39 is 21.7 Å². The molecule has 1 N–H and O–H groups in total. The SMILES string of the molecule is Cc1cccc(NC(=O)c2cc(S(=O)(=O)N3CCCCC3)ccc2F)c1. The van der Waals surface area contributed by atoms with Crippen molar-refractivity contribution in [3.05, 3.63) is 59.4 Å². The number of anilines is 1. The summed E-state index contributed by atoms with van der Waals surface area (Å²) >= 11 is 0. The number of nitrogens with zero attached hydrogens (tertiary/aromatic N) is 1. The van der Waals surface area contributed by atoms with Crippen LogP contribution < -0.4 is 5.32 Å². The Kier molecular flexibility index (Phi) is 5.38. The van der Waals surface area contributed by atoms with E-state index in [1.54, 1.807) is 18.2 Å². The van der Waals surface area contributed by atoms with E-state index >= 15 is 0 Å². The van der Waals surface area contributed by atoms with Gasteiger partial charge in [-0.25, -0.2) is 12.8 Å². The van der Waals surface area contributed by atoms with Crippen LogP contribution >= 0.6 is 0 Å². The molecule has 1 amide bonds. The molecule has 1 aliphatic rings. The monoisotopic (exact) mass is 376 g/mol. The molecule has 3 rings (SSSR count). The van der Waals surface area contributed by atoms with Gasteiger partial charge in [0.2, 0.25) is 10.0 Å². The second-order valence-electron chi connectivity index (χ2n) is 6.43. The molecule has 2 aromatic rings. The van der Waals surface area contributed by atoms with Crippen molar-refractivity contribution in [2.45, 2.75) is 31.1 Å². The van der Waals surface area contributed by atoms with E-state index in [4.69, 9.17) is 0 Å². The summed E-state index contributed by atoms with van der Waals surface area (Å²) in [7, 11) is -3.73. The Morgan fingerprint density at radius 1 is 1.08 bits per heavy atom. The zero-order chi connectivity index (χ0) is 18.7. The van der Waals surface area contributed by atoms with E-state index in [0.717, 1.165) is 37.0 Å². The predicted octanol–water partition coefficient (Wildman–Crippen LogP) is 3.56. The van der Waals surface area contributed by atoms with Gasteiger partial charge >= 0.3 is 0 Å². The van der Waals surface area contributed by atoms with E-state index in [2.05, 4.69) is 5.32 Å². The molecule has 7 heteroatoms. The van der Waals surface area contributed by atoms with Crippen LogP contribution in [0.2, 0.25) is 0 Å². The predicted molar refractivity (Wildman–Crippen MR) is 98.1 cm³/mol. The summed E-state index contributed by atoms with van der Waals surface area (Å²) in [5.74, 6) is -1.43. The van der Waals surface area contributed by atoms with Gasteiger partial charge in [-0.15, -0.1) is 0 Å². The topological polar surface area (TPSA) is 66.5 Å². The second kappa shape index (κ2) is 7.55. The first kappa shape index (κ1) is 18.5. The highest BCUT2D eigenvalue weighted by Crippen LogP contribution is 2.23. The molecule has 0 aliphatic carbocycles. The maximum atomic E-state index is 14.2. The Morgan fingerprint density at radius 3 is 2.50 bits per heavy atom.